The van der Waals surface area contributed by atoms with Crippen molar-refractivity contribution in [3.63, 3.8) is 0 Å². The van der Waals surface area contributed by atoms with Crippen molar-refractivity contribution in [1.29, 1.82) is 0 Å². The Morgan fingerprint density at radius 3 is 2.67 bits per heavy atom. The van der Waals surface area contributed by atoms with Crippen LogP contribution in [-0.4, -0.2) is 31.6 Å². The fourth-order valence-electron chi connectivity index (χ4n) is 5.40. The number of likely N-dealkylation sites (tertiary alicyclic amines) is 1. The smallest absolute Gasteiger partial charge is 0.126 e. The predicted octanol–water partition coefficient (Wildman–Crippen LogP) is 6.45. The Kier molecular flexibility index (Phi) is 6.68. The van der Waals surface area contributed by atoms with Gasteiger partial charge < -0.3 is 14.4 Å². The van der Waals surface area contributed by atoms with E-state index >= 15 is 0 Å². The molecule has 1 fully saturated rings. The van der Waals surface area contributed by atoms with Gasteiger partial charge in [0.2, 0.25) is 0 Å². The molecule has 3 heteroatoms. The van der Waals surface area contributed by atoms with E-state index in [-0.39, 0.29) is 0 Å². The van der Waals surface area contributed by atoms with Gasteiger partial charge >= 0.3 is 0 Å². The van der Waals surface area contributed by atoms with Crippen LogP contribution in [-0.2, 0) is 19.4 Å². The van der Waals surface area contributed by atoms with Crippen LogP contribution in [0.15, 0.2) is 60.7 Å². The third-order valence-electron chi connectivity index (χ3n) is 7.27. The van der Waals surface area contributed by atoms with Crippen LogP contribution in [0, 0.1) is 12.8 Å². The first-order valence-corrected chi connectivity index (χ1v) is 12.4. The highest BCUT2D eigenvalue weighted by molar-refractivity contribution is 5.68. The minimum absolute atomic E-state index is 0.579. The lowest BCUT2D eigenvalue weighted by Crippen LogP contribution is -2.34. The minimum Gasteiger partial charge on any atom is -0.493 e. The molecule has 1 aliphatic carbocycles. The fourth-order valence-corrected chi connectivity index (χ4v) is 5.40. The van der Waals surface area contributed by atoms with Crippen LogP contribution in [0.25, 0.3) is 11.1 Å². The first-order chi connectivity index (χ1) is 16.2. The van der Waals surface area contributed by atoms with Gasteiger partial charge in [-0.15, -0.1) is 0 Å². The van der Waals surface area contributed by atoms with Crippen LogP contribution in [0.1, 0.15) is 41.5 Å². The van der Waals surface area contributed by atoms with Crippen molar-refractivity contribution < 1.29 is 9.47 Å². The monoisotopic (exact) mass is 441 g/mol. The summed E-state index contributed by atoms with van der Waals surface area (Å²) in [5.74, 6) is 2.59. The second kappa shape index (κ2) is 10.0. The number of nitrogens with zero attached hydrogens (tertiary/aromatic N) is 1. The zero-order valence-corrected chi connectivity index (χ0v) is 20.0. The van der Waals surface area contributed by atoms with Crippen LogP contribution in [0.2, 0.25) is 0 Å². The molecule has 0 aromatic heterocycles. The zero-order chi connectivity index (χ0) is 22.6. The van der Waals surface area contributed by atoms with Crippen molar-refractivity contribution in [2.24, 2.45) is 5.92 Å². The lowest BCUT2D eigenvalue weighted by molar-refractivity contribution is 0.150. The molecule has 172 valence electrons. The van der Waals surface area contributed by atoms with Gasteiger partial charge in [0.1, 0.15) is 18.1 Å². The second-order valence-electron chi connectivity index (χ2n) is 9.74. The molecule has 1 aliphatic heterocycles. The first kappa shape index (κ1) is 22.0. The summed E-state index contributed by atoms with van der Waals surface area (Å²) in [6.07, 6.45) is 5.95. The molecule has 3 aromatic rings. The van der Waals surface area contributed by atoms with Crippen molar-refractivity contribution in [2.75, 3.05) is 26.7 Å². The van der Waals surface area contributed by atoms with Crippen LogP contribution in [0.3, 0.4) is 0 Å². The molecule has 5 rings (SSSR count). The maximum Gasteiger partial charge on any atom is 0.126 e. The molecule has 0 bridgehead atoms. The van der Waals surface area contributed by atoms with Crippen molar-refractivity contribution in [2.45, 2.75) is 45.6 Å². The standard InChI is InChI=1S/C30H35NO2/c1-22-26(13-7-14-28(22)24-10-4-3-5-11-24)21-33-30-18-27(17-25-12-6-15-29(25)30)32-20-23-9-8-16-31(2)19-23/h3-5,7,10-11,13-14,17-18,23H,6,8-9,12,15-16,19-21H2,1-2H3. The fraction of sp³-hybridized carbons (Fsp3) is 0.400. The minimum atomic E-state index is 0.579. The third kappa shape index (κ3) is 5.09. The number of piperidine rings is 1. The van der Waals surface area contributed by atoms with E-state index in [2.05, 4.69) is 79.5 Å². The normalized spacial score (nSPS) is 18.2. The summed E-state index contributed by atoms with van der Waals surface area (Å²) in [6.45, 7) is 5.91. The van der Waals surface area contributed by atoms with Gasteiger partial charge in [-0.2, -0.15) is 0 Å². The maximum atomic E-state index is 6.47. The molecule has 0 spiro atoms. The Labute approximate surface area is 198 Å². The number of ether oxygens (including phenoxy) is 2. The summed E-state index contributed by atoms with van der Waals surface area (Å²) >= 11 is 0. The van der Waals surface area contributed by atoms with Gasteiger partial charge in [0.25, 0.3) is 0 Å². The van der Waals surface area contributed by atoms with Crippen molar-refractivity contribution in [3.05, 3.63) is 82.9 Å². The maximum absolute atomic E-state index is 6.47. The lowest BCUT2D eigenvalue weighted by Gasteiger charge is -2.29. The van der Waals surface area contributed by atoms with Crippen molar-refractivity contribution in [3.8, 4) is 22.6 Å². The molecule has 1 saturated heterocycles. The number of aryl methyl sites for hydroxylation is 1. The van der Waals surface area contributed by atoms with E-state index in [1.807, 2.05) is 0 Å². The number of hydrogen-bond acceptors (Lipinski definition) is 3. The predicted molar refractivity (Wildman–Crippen MR) is 135 cm³/mol. The van der Waals surface area contributed by atoms with Crippen LogP contribution in [0.5, 0.6) is 11.5 Å². The van der Waals surface area contributed by atoms with E-state index in [1.54, 1.807) is 0 Å². The molecule has 3 aromatic carbocycles. The average Bonchev–Trinajstić information content (AvgIpc) is 3.31. The quantitative estimate of drug-likeness (QED) is 0.420. The number of rotatable bonds is 7. The van der Waals surface area contributed by atoms with E-state index < -0.39 is 0 Å². The topological polar surface area (TPSA) is 21.7 Å². The Morgan fingerprint density at radius 2 is 1.82 bits per heavy atom. The number of hydrogen-bond donors (Lipinski definition) is 0. The van der Waals surface area contributed by atoms with Crippen molar-refractivity contribution >= 4 is 0 Å². The van der Waals surface area contributed by atoms with Gasteiger partial charge in [0.05, 0.1) is 6.61 Å². The molecule has 0 saturated carbocycles. The highest BCUT2D eigenvalue weighted by atomic mass is 16.5. The van der Waals surface area contributed by atoms with E-state index in [1.165, 1.54) is 59.2 Å². The average molecular weight is 442 g/mol. The molecule has 1 atom stereocenters. The Morgan fingerprint density at radius 1 is 0.939 bits per heavy atom. The van der Waals surface area contributed by atoms with Crippen LogP contribution < -0.4 is 9.47 Å². The molecule has 0 radical (unpaired) electrons. The molecule has 3 nitrogen and oxygen atoms in total. The van der Waals surface area contributed by atoms with Gasteiger partial charge in [-0.1, -0.05) is 48.5 Å². The summed E-state index contributed by atoms with van der Waals surface area (Å²) in [4.78, 5) is 2.42. The summed E-state index contributed by atoms with van der Waals surface area (Å²) in [6, 6.07) is 21.5. The molecule has 1 unspecified atom stereocenters. The molecule has 2 aliphatic rings. The molecule has 0 amide bonds. The van der Waals surface area contributed by atoms with Crippen molar-refractivity contribution in [1.82, 2.24) is 4.90 Å². The lowest BCUT2D eigenvalue weighted by atomic mass is 9.97. The van der Waals surface area contributed by atoms with Gasteiger partial charge in [-0.05, 0) is 92.1 Å². The molecule has 33 heavy (non-hydrogen) atoms. The highest BCUT2D eigenvalue weighted by Gasteiger charge is 2.21. The summed E-state index contributed by atoms with van der Waals surface area (Å²) in [5.41, 5.74) is 7.82. The molecular weight excluding hydrogens is 406 g/mol. The third-order valence-corrected chi connectivity index (χ3v) is 7.27. The number of fused-ring (bicyclic) bond motifs is 1. The number of benzene rings is 3. The largest absolute Gasteiger partial charge is 0.493 e. The Bertz CT molecular complexity index is 1090. The van der Waals surface area contributed by atoms with E-state index in [9.17, 15) is 0 Å². The van der Waals surface area contributed by atoms with Crippen LogP contribution >= 0.6 is 0 Å². The van der Waals surface area contributed by atoms with Gasteiger partial charge in [0, 0.05) is 18.5 Å². The second-order valence-corrected chi connectivity index (χ2v) is 9.74. The highest BCUT2D eigenvalue weighted by Crippen LogP contribution is 2.36. The molecule has 0 N–H and O–H groups in total. The van der Waals surface area contributed by atoms with Crippen LogP contribution in [0.4, 0.5) is 0 Å². The Balaban J connectivity index is 1.32. The summed E-state index contributed by atoms with van der Waals surface area (Å²) < 4.78 is 12.8. The summed E-state index contributed by atoms with van der Waals surface area (Å²) in [7, 11) is 2.21. The van der Waals surface area contributed by atoms with E-state index in [0.29, 0.717) is 12.5 Å². The molecular formula is C30H35NO2. The zero-order valence-electron chi connectivity index (χ0n) is 20.0. The van der Waals surface area contributed by atoms with E-state index in [4.69, 9.17) is 9.47 Å². The Hall–Kier alpha value is -2.78. The first-order valence-electron chi connectivity index (χ1n) is 12.4. The van der Waals surface area contributed by atoms with E-state index in [0.717, 1.165) is 37.5 Å². The SMILES string of the molecule is Cc1c(COc2cc(OCC3CCCN(C)C3)cc3c2CCC3)cccc1-c1ccccc1. The van der Waals surface area contributed by atoms with Gasteiger partial charge in [-0.3, -0.25) is 0 Å². The van der Waals surface area contributed by atoms with Gasteiger partial charge in [-0.25, -0.2) is 0 Å². The molecule has 1 heterocycles. The van der Waals surface area contributed by atoms with Gasteiger partial charge in [0.15, 0.2) is 0 Å². The summed E-state index contributed by atoms with van der Waals surface area (Å²) in [5, 5.41) is 0.